The standard InChI is InChI=1S/C14H18N4O2S2/c1-9-8-21-13(17-9)11-7-18(3-4-20-11)14(19)16-6-12-15-5-10(2)22-12/h5,8,11H,3-4,6-7H2,1-2H3,(H,16,19)/t11-/m1/s1. The van der Waals surface area contributed by atoms with Gasteiger partial charge in [-0.25, -0.2) is 14.8 Å². The molecule has 0 aromatic carbocycles. The van der Waals surface area contributed by atoms with Crippen LogP contribution in [0.5, 0.6) is 0 Å². The molecule has 1 fully saturated rings. The van der Waals surface area contributed by atoms with Gasteiger partial charge in [0.25, 0.3) is 0 Å². The number of hydrogen-bond acceptors (Lipinski definition) is 6. The number of carbonyl (C=O) groups is 1. The molecule has 2 amide bonds. The van der Waals surface area contributed by atoms with E-state index < -0.39 is 0 Å². The quantitative estimate of drug-likeness (QED) is 0.934. The first-order chi connectivity index (χ1) is 10.6. The molecule has 3 heterocycles. The average molecular weight is 338 g/mol. The Balaban J connectivity index is 1.55. The summed E-state index contributed by atoms with van der Waals surface area (Å²) in [5.74, 6) is 0. The number of amides is 2. The van der Waals surface area contributed by atoms with Crippen molar-refractivity contribution in [3.05, 3.63) is 32.2 Å². The van der Waals surface area contributed by atoms with Gasteiger partial charge in [-0.1, -0.05) is 0 Å². The fourth-order valence-corrected chi connectivity index (χ4v) is 3.81. The van der Waals surface area contributed by atoms with E-state index in [1.165, 1.54) is 0 Å². The molecule has 2 aromatic rings. The molecule has 1 aliphatic rings. The van der Waals surface area contributed by atoms with Gasteiger partial charge in [-0.15, -0.1) is 22.7 Å². The summed E-state index contributed by atoms with van der Waals surface area (Å²) in [5.41, 5.74) is 0.990. The molecule has 0 aliphatic carbocycles. The van der Waals surface area contributed by atoms with Crippen LogP contribution in [-0.4, -0.2) is 40.6 Å². The van der Waals surface area contributed by atoms with E-state index in [0.717, 1.165) is 20.6 Å². The van der Waals surface area contributed by atoms with E-state index in [-0.39, 0.29) is 12.1 Å². The van der Waals surface area contributed by atoms with Crippen molar-refractivity contribution < 1.29 is 9.53 Å². The third-order valence-electron chi connectivity index (χ3n) is 3.33. The number of rotatable bonds is 3. The van der Waals surface area contributed by atoms with Crippen molar-refractivity contribution in [2.24, 2.45) is 0 Å². The van der Waals surface area contributed by atoms with Crippen LogP contribution in [0.15, 0.2) is 11.6 Å². The van der Waals surface area contributed by atoms with Gasteiger partial charge >= 0.3 is 6.03 Å². The van der Waals surface area contributed by atoms with E-state index in [2.05, 4.69) is 15.3 Å². The first-order valence-corrected chi connectivity index (χ1v) is 8.79. The highest BCUT2D eigenvalue weighted by Crippen LogP contribution is 2.25. The van der Waals surface area contributed by atoms with E-state index in [4.69, 9.17) is 4.74 Å². The van der Waals surface area contributed by atoms with Crippen molar-refractivity contribution in [3.63, 3.8) is 0 Å². The van der Waals surface area contributed by atoms with Crippen molar-refractivity contribution in [1.82, 2.24) is 20.2 Å². The molecular weight excluding hydrogens is 320 g/mol. The lowest BCUT2D eigenvalue weighted by Crippen LogP contribution is -2.46. The summed E-state index contributed by atoms with van der Waals surface area (Å²) in [6.45, 7) is 6.11. The van der Waals surface area contributed by atoms with Crippen molar-refractivity contribution in [2.45, 2.75) is 26.5 Å². The van der Waals surface area contributed by atoms with Crippen LogP contribution in [0, 0.1) is 13.8 Å². The minimum Gasteiger partial charge on any atom is -0.367 e. The van der Waals surface area contributed by atoms with E-state index in [0.29, 0.717) is 26.2 Å². The number of aromatic nitrogens is 2. The number of ether oxygens (including phenoxy) is 1. The number of morpholine rings is 1. The van der Waals surface area contributed by atoms with Gasteiger partial charge < -0.3 is 15.0 Å². The number of carbonyl (C=O) groups excluding carboxylic acids is 1. The molecule has 22 heavy (non-hydrogen) atoms. The summed E-state index contributed by atoms with van der Waals surface area (Å²) in [6.07, 6.45) is 1.70. The van der Waals surface area contributed by atoms with E-state index in [9.17, 15) is 4.79 Å². The number of aryl methyl sites for hydroxylation is 2. The molecule has 0 unspecified atom stereocenters. The average Bonchev–Trinajstić information content (AvgIpc) is 3.13. The Morgan fingerprint density at radius 1 is 1.55 bits per heavy atom. The highest BCUT2D eigenvalue weighted by molar-refractivity contribution is 7.11. The number of hydrogen-bond donors (Lipinski definition) is 1. The predicted molar refractivity (Wildman–Crippen MR) is 86.2 cm³/mol. The van der Waals surface area contributed by atoms with Crippen LogP contribution in [0.3, 0.4) is 0 Å². The van der Waals surface area contributed by atoms with E-state index >= 15 is 0 Å². The zero-order valence-electron chi connectivity index (χ0n) is 12.5. The molecule has 1 atom stereocenters. The van der Waals surface area contributed by atoms with Gasteiger partial charge in [0.2, 0.25) is 0 Å². The van der Waals surface area contributed by atoms with Crippen molar-refractivity contribution in [3.8, 4) is 0 Å². The van der Waals surface area contributed by atoms with Crippen LogP contribution >= 0.6 is 22.7 Å². The van der Waals surface area contributed by atoms with Gasteiger partial charge in [0.15, 0.2) is 0 Å². The Morgan fingerprint density at radius 2 is 2.41 bits per heavy atom. The number of nitrogens with zero attached hydrogens (tertiary/aromatic N) is 3. The molecule has 1 saturated heterocycles. The molecule has 8 heteroatoms. The molecule has 0 spiro atoms. The zero-order valence-corrected chi connectivity index (χ0v) is 14.2. The molecular formula is C14H18N4O2S2. The highest BCUT2D eigenvalue weighted by Gasteiger charge is 2.27. The minimum atomic E-state index is -0.125. The van der Waals surface area contributed by atoms with Crippen molar-refractivity contribution in [1.29, 1.82) is 0 Å². The Kier molecular flexibility index (Phi) is 4.70. The summed E-state index contributed by atoms with van der Waals surface area (Å²) >= 11 is 3.18. The molecule has 0 bridgehead atoms. The maximum Gasteiger partial charge on any atom is 0.317 e. The molecule has 2 aromatic heterocycles. The van der Waals surface area contributed by atoms with Crippen LogP contribution in [0.25, 0.3) is 0 Å². The second-order valence-electron chi connectivity index (χ2n) is 5.16. The minimum absolute atomic E-state index is 0.0746. The Labute approximate surface area is 137 Å². The van der Waals surface area contributed by atoms with Crippen LogP contribution in [0.1, 0.15) is 26.7 Å². The third kappa shape index (κ3) is 3.63. The maximum atomic E-state index is 12.3. The molecule has 0 saturated carbocycles. The second-order valence-corrected chi connectivity index (χ2v) is 7.36. The molecule has 0 radical (unpaired) electrons. The Bertz CT molecular complexity index is 655. The highest BCUT2D eigenvalue weighted by atomic mass is 32.1. The summed E-state index contributed by atoms with van der Waals surface area (Å²) in [4.78, 5) is 23.9. The first kappa shape index (κ1) is 15.4. The Morgan fingerprint density at radius 3 is 3.09 bits per heavy atom. The van der Waals surface area contributed by atoms with E-state index in [1.807, 2.05) is 25.4 Å². The smallest absolute Gasteiger partial charge is 0.317 e. The zero-order chi connectivity index (χ0) is 15.5. The van der Waals surface area contributed by atoms with Crippen molar-refractivity contribution in [2.75, 3.05) is 19.7 Å². The van der Waals surface area contributed by atoms with Crippen molar-refractivity contribution >= 4 is 28.7 Å². The number of urea groups is 1. The lowest BCUT2D eigenvalue weighted by Gasteiger charge is -2.31. The van der Waals surface area contributed by atoms with Gasteiger partial charge in [0.05, 0.1) is 19.7 Å². The predicted octanol–water partition coefficient (Wildman–Crippen LogP) is 2.50. The van der Waals surface area contributed by atoms with E-state index in [1.54, 1.807) is 27.6 Å². The SMILES string of the molecule is Cc1csc([C@H]2CN(C(=O)NCc3ncc(C)s3)CCO2)n1. The van der Waals surface area contributed by atoms with Gasteiger partial charge in [-0.2, -0.15) is 0 Å². The monoisotopic (exact) mass is 338 g/mol. The van der Waals surface area contributed by atoms with Gasteiger partial charge in [-0.3, -0.25) is 0 Å². The lowest BCUT2D eigenvalue weighted by atomic mass is 10.3. The van der Waals surface area contributed by atoms with Crippen LogP contribution < -0.4 is 5.32 Å². The molecule has 1 N–H and O–H groups in total. The summed E-state index contributed by atoms with van der Waals surface area (Å²) in [7, 11) is 0. The first-order valence-electron chi connectivity index (χ1n) is 7.09. The summed E-state index contributed by atoms with van der Waals surface area (Å²) in [5, 5.41) is 6.78. The lowest BCUT2D eigenvalue weighted by molar-refractivity contribution is -0.0156. The molecule has 3 rings (SSSR count). The van der Waals surface area contributed by atoms with Crippen LogP contribution in [0.2, 0.25) is 0 Å². The maximum absolute atomic E-state index is 12.3. The number of thiazole rings is 2. The molecule has 118 valence electrons. The van der Waals surface area contributed by atoms with Crippen LogP contribution in [0.4, 0.5) is 4.79 Å². The van der Waals surface area contributed by atoms with Gasteiger partial charge in [0.1, 0.15) is 16.1 Å². The normalized spacial score (nSPS) is 18.5. The Hall–Kier alpha value is -1.51. The summed E-state index contributed by atoms with van der Waals surface area (Å²) < 4.78 is 5.74. The second kappa shape index (κ2) is 6.72. The summed E-state index contributed by atoms with van der Waals surface area (Å²) in [6, 6.07) is -0.0746. The third-order valence-corrected chi connectivity index (χ3v) is 5.29. The fraction of sp³-hybridized carbons (Fsp3) is 0.500. The fourth-order valence-electron chi connectivity index (χ4n) is 2.25. The van der Waals surface area contributed by atoms with Crippen LogP contribution in [-0.2, 0) is 11.3 Å². The largest absolute Gasteiger partial charge is 0.367 e. The van der Waals surface area contributed by atoms with Gasteiger partial charge in [-0.05, 0) is 13.8 Å². The number of nitrogens with one attached hydrogen (secondary N) is 1. The molecule has 6 nitrogen and oxygen atoms in total. The topological polar surface area (TPSA) is 67.4 Å². The molecule has 1 aliphatic heterocycles. The van der Waals surface area contributed by atoms with Gasteiger partial charge in [0, 0.05) is 28.7 Å².